The van der Waals surface area contributed by atoms with Gasteiger partial charge in [-0.05, 0) is 96.3 Å². The van der Waals surface area contributed by atoms with Crippen molar-refractivity contribution >= 4 is 17.9 Å². The Labute approximate surface area is 375 Å². The van der Waals surface area contributed by atoms with E-state index in [0.717, 1.165) is 83.5 Å². The zero-order valence-electron chi connectivity index (χ0n) is 39.4. The third-order valence-corrected chi connectivity index (χ3v) is 10.1. The molecule has 0 spiro atoms. The van der Waals surface area contributed by atoms with Gasteiger partial charge in [-0.25, -0.2) is 0 Å². The number of ether oxygens (including phenoxy) is 3. The van der Waals surface area contributed by atoms with Crippen molar-refractivity contribution in [3.63, 3.8) is 0 Å². The minimum atomic E-state index is -0.818. The number of hydrogen-bond acceptors (Lipinski definition) is 6. The third kappa shape index (κ3) is 47.2. The highest BCUT2D eigenvalue weighted by atomic mass is 16.6. The number of unbranched alkanes of at least 4 members (excludes halogenated alkanes) is 16. The summed E-state index contributed by atoms with van der Waals surface area (Å²) in [7, 11) is 0. The first-order chi connectivity index (χ1) is 30.0. The van der Waals surface area contributed by atoms with Crippen LogP contribution >= 0.6 is 0 Å². The molecule has 0 aromatic rings. The third-order valence-electron chi connectivity index (χ3n) is 10.1. The van der Waals surface area contributed by atoms with E-state index in [1.165, 1.54) is 77.0 Å². The fraction of sp³-hybridized carbons (Fsp3) is 0.655. The van der Waals surface area contributed by atoms with Crippen molar-refractivity contribution in [3.8, 4) is 0 Å². The van der Waals surface area contributed by atoms with Gasteiger partial charge in [0, 0.05) is 19.3 Å². The maximum Gasteiger partial charge on any atom is 0.306 e. The van der Waals surface area contributed by atoms with E-state index in [-0.39, 0.29) is 44.0 Å². The average Bonchev–Trinajstić information content (AvgIpc) is 3.26. The molecule has 0 amide bonds. The molecule has 346 valence electrons. The smallest absolute Gasteiger partial charge is 0.306 e. The normalized spacial score (nSPS) is 12.9. The number of esters is 3. The molecule has 6 nitrogen and oxygen atoms in total. The van der Waals surface area contributed by atoms with Crippen LogP contribution in [0.3, 0.4) is 0 Å². The zero-order chi connectivity index (χ0) is 44.4. The Hall–Kier alpha value is -3.67. The van der Waals surface area contributed by atoms with E-state index < -0.39 is 6.10 Å². The quantitative estimate of drug-likeness (QED) is 0.0263. The van der Waals surface area contributed by atoms with Crippen molar-refractivity contribution < 1.29 is 28.6 Å². The van der Waals surface area contributed by atoms with Gasteiger partial charge in [-0.3, -0.25) is 14.4 Å². The van der Waals surface area contributed by atoms with Crippen molar-refractivity contribution in [1.82, 2.24) is 0 Å². The summed E-state index contributed by atoms with van der Waals surface area (Å²) >= 11 is 0. The van der Waals surface area contributed by atoms with Crippen molar-refractivity contribution in [1.29, 1.82) is 0 Å². The van der Waals surface area contributed by atoms with Gasteiger partial charge in [-0.1, -0.05) is 195 Å². The van der Waals surface area contributed by atoms with Crippen LogP contribution in [0, 0.1) is 0 Å². The van der Waals surface area contributed by atoms with E-state index in [1.54, 1.807) is 0 Å². The minimum absolute atomic E-state index is 0.110. The van der Waals surface area contributed by atoms with Gasteiger partial charge in [0.05, 0.1) is 0 Å². The summed E-state index contributed by atoms with van der Waals surface area (Å²) in [6.07, 6.45) is 63.9. The molecule has 0 fully saturated rings. The molecule has 6 heteroatoms. The second-order valence-corrected chi connectivity index (χ2v) is 16.0. The molecule has 0 aliphatic carbocycles. The number of hydrogen-bond donors (Lipinski definition) is 0. The van der Waals surface area contributed by atoms with Gasteiger partial charge < -0.3 is 14.2 Å². The second kappa shape index (κ2) is 49.0. The highest BCUT2D eigenvalue weighted by Crippen LogP contribution is 2.13. The molecule has 0 radical (unpaired) electrons. The predicted molar refractivity (Wildman–Crippen MR) is 260 cm³/mol. The zero-order valence-corrected chi connectivity index (χ0v) is 39.4. The Morgan fingerprint density at radius 1 is 0.344 bits per heavy atom. The lowest BCUT2D eigenvalue weighted by atomic mass is 10.1. The van der Waals surface area contributed by atoms with E-state index in [1.807, 2.05) is 0 Å². The Morgan fingerprint density at radius 2 is 0.656 bits per heavy atom. The highest BCUT2D eigenvalue weighted by molar-refractivity contribution is 5.71. The van der Waals surface area contributed by atoms with E-state index >= 15 is 0 Å². The molecule has 61 heavy (non-hydrogen) atoms. The van der Waals surface area contributed by atoms with Gasteiger partial charge in [0.25, 0.3) is 0 Å². The van der Waals surface area contributed by atoms with Crippen LogP contribution in [0.5, 0.6) is 0 Å². The van der Waals surface area contributed by atoms with Gasteiger partial charge in [0.2, 0.25) is 0 Å². The van der Waals surface area contributed by atoms with Crippen LogP contribution in [0.1, 0.15) is 213 Å². The van der Waals surface area contributed by atoms with Crippen LogP contribution in [0.25, 0.3) is 0 Å². The molecule has 0 unspecified atom stereocenters. The summed E-state index contributed by atoms with van der Waals surface area (Å²) in [5, 5.41) is 0. The van der Waals surface area contributed by atoms with Gasteiger partial charge in [0.1, 0.15) is 13.2 Å². The largest absolute Gasteiger partial charge is 0.462 e. The molecule has 0 aliphatic rings. The maximum atomic E-state index is 12.8. The molecule has 0 bridgehead atoms. The summed E-state index contributed by atoms with van der Waals surface area (Å²) in [5.74, 6) is -1.02. The van der Waals surface area contributed by atoms with Gasteiger partial charge in [-0.2, -0.15) is 0 Å². The van der Waals surface area contributed by atoms with E-state index in [4.69, 9.17) is 14.2 Å². The average molecular weight is 847 g/mol. The predicted octanol–water partition coefficient (Wildman–Crippen LogP) is 16.2. The van der Waals surface area contributed by atoms with E-state index in [9.17, 15) is 14.4 Å². The molecule has 0 aliphatic heterocycles. The molecule has 0 saturated carbocycles. The van der Waals surface area contributed by atoms with Crippen LogP contribution in [0.15, 0.2) is 97.2 Å². The number of carbonyl (C=O) groups excluding carboxylic acids is 3. The van der Waals surface area contributed by atoms with Crippen LogP contribution in [0.2, 0.25) is 0 Å². The first kappa shape index (κ1) is 57.3. The highest BCUT2D eigenvalue weighted by Gasteiger charge is 2.19. The summed E-state index contributed by atoms with van der Waals surface area (Å²) in [5.41, 5.74) is 0. The molecule has 1 atom stereocenters. The summed E-state index contributed by atoms with van der Waals surface area (Å²) in [4.78, 5) is 37.9. The van der Waals surface area contributed by atoms with Crippen molar-refractivity contribution in [2.24, 2.45) is 0 Å². The fourth-order valence-corrected chi connectivity index (χ4v) is 6.36. The molecule has 0 saturated heterocycles. The second-order valence-electron chi connectivity index (χ2n) is 16.0. The van der Waals surface area contributed by atoms with Crippen LogP contribution in [-0.4, -0.2) is 37.2 Å². The summed E-state index contributed by atoms with van der Waals surface area (Å²) < 4.78 is 16.7. The van der Waals surface area contributed by atoms with E-state index in [2.05, 4.69) is 118 Å². The van der Waals surface area contributed by atoms with E-state index in [0.29, 0.717) is 19.3 Å². The van der Waals surface area contributed by atoms with Crippen LogP contribution < -0.4 is 0 Å². The Balaban J connectivity index is 4.54. The van der Waals surface area contributed by atoms with Crippen molar-refractivity contribution in [2.75, 3.05) is 13.2 Å². The maximum absolute atomic E-state index is 12.8. The number of carbonyl (C=O) groups is 3. The number of allylic oxidation sites excluding steroid dienone is 16. The molecule has 0 rings (SSSR count). The van der Waals surface area contributed by atoms with Gasteiger partial charge in [0.15, 0.2) is 6.10 Å². The topological polar surface area (TPSA) is 78.9 Å². The first-order valence-corrected chi connectivity index (χ1v) is 24.7. The summed E-state index contributed by atoms with van der Waals surface area (Å²) in [6, 6.07) is 0. The fourth-order valence-electron chi connectivity index (χ4n) is 6.36. The van der Waals surface area contributed by atoms with Crippen molar-refractivity contribution in [2.45, 2.75) is 219 Å². The minimum Gasteiger partial charge on any atom is -0.462 e. The monoisotopic (exact) mass is 847 g/mol. The number of rotatable bonds is 43. The van der Waals surface area contributed by atoms with Crippen molar-refractivity contribution in [3.05, 3.63) is 97.2 Å². The molecular formula is C55H90O6. The van der Waals surface area contributed by atoms with Crippen LogP contribution in [0.4, 0.5) is 0 Å². The molecular weight excluding hydrogens is 757 g/mol. The Bertz CT molecular complexity index is 1250. The lowest BCUT2D eigenvalue weighted by molar-refractivity contribution is -0.167. The lowest BCUT2D eigenvalue weighted by Crippen LogP contribution is -2.30. The first-order valence-electron chi connectivity index (χ1n) is 24.7. The lowest BCUT2D eigenvalue weighted by Gasteiger charge is -2.18. The Morgan fingerprint density at radius 3 is 1.10 bits per heavy atom. The van der Waals surface area contributed by atoms with Gasteiger partial charge in [-0.15, -0.1) is 0 Å². The standard InChI is InChI=1S/C55H90O6/c1-4-7-10-13-16-19-22-24-26-27-29-30-33-36-39-42-45-48-54(57)60-51-52(50-59-53(56)47-44-41-38-35-32-21-18-15-12-9-6-3)61-55(58)49-46-43-40-37-34-31-28-25-23-20-17-14-11-8-5-2/h7,10,16-17,19-20,24-26,28-30,34,36-37,39,52H,4-6,8-9,11-15,18,21-23,27,31-33,35,38,40-51H2,1-3H3/b10-7-,19-16-,20-17-,26-24-,28-25-,30-29-,37-34-,39-36-/t52-/m1/s1. The molecule has 0 aromatic heterocycles. The Kier molecular flexibility index (Phi) is 46.0. The summed E-state index contributed by atoms with van der Waals surface area (Å²) in [6.45, 7) is 6.39. The molecule has 0 heterocycles. The molecule has 0 N–H and O–H groups in total. The van der Waals surface area contributed by atoms with Crippen LogP contribution in [-0.2, 0) is 28.6 Å². The van der Waals surface area contributed by atoms with Gasteiger partial charge >= 0.3 is 17.9 Å². The molecule has 0 aromatic carbocycles. The SMILES string of the molecule is CC/C=C\C/C=C\C/C=C\C/C=C\C/C=C\CCCC(=O)OC[C@@H](COC(=O)CCCCCCCCCCCCC)OC(=O)CCCC/C=C\C/C=C\C/C=C\CCCCC.